The molecule has 0 N–H and O–H groups in total. The summed E-state index contributed by atoms with van der Waals surface area (Å²) in [6.45, 7) is 2.50. The number of hydrogen-bond donors (Lipinski definition) is 0. The van der Waals surface area contributed by atoms with Crippen LogP contribution >= 0.6 is 15.9 Å². The number of aromatic nitrogens is 3. The third-order valence-electron chi connectivity index (χ3n) is 3.74. The summed E-state index contributed by atoms with van der Waals surface area (Å²) in [4.78, 5) is 4.28. The second kappa shape index (κ2) is 6.68. The van der Waals surface area contributed by atoms with Crippen LogP contribution in [0.4, 0.5) is 0 Å². The number of pyridine rings is 1. The van der Waals surface area contributed by atoms with Crippen molar-refractivity contribution in [1.82, 2.24) is 14.6 Å². The minimum Gasteiger partial charge on any atom is -0.494 e. The minimum absolute atomic E-state index is 0.384. The van der Waals surface area contributed by atoms with Crippen molar-refractivity contribution in [2.75, 3.05) is 14.2 Å². The molecule has 3 rings (SSSR count). The Morgan fingerprint density at radius 1 is 1.22 bits per heavy atom. The van der Waals surface area contributed by atoms with Crippen molar-refractivity contribution in [3.05, 3.63) is 46.5 Å². The third-order valence-corrected chi connectivity index (χ3v) is 4.17. The van der Waals surface area contributed by atoms with Crippen LogP contribution in [-0.2, 0) is 17.8 Å². The fraction of sp³-hybridized carbons (Fsp3) is 0.294. The van der Waals surface area contributed by atoms with Crippen molar-refractivity contribution in [2.24, 2.45) is 0 Å². The second-order valence-electron chi connectivity index (χ2n) is 5.16. The maximum absolute atomic E-state index is 5.68. The van der Waals surface area contributed by atoms with Crippen molar-refractivity contribution in [1.29, 1.82) is 0 Å². The molecular formula is C17H18BrN3O2. The van der Waals surface area contributed by atoms with Crippen LogP contribution in [0.5, 0.6) is 5.75 Å². The minimum atomic E-state index is 0.384. The Morgan fingerprint density at radius 2 is 2.04 bits per heavy atom. The summed E-state index contributed by atoms with van der Waals surface area (Å²) in [6, 6.07) is 6.19. The predicted octanol–water partition coefficient (Wildman–Crippen LogP) is 3.88. The normalized spacial score (nSPS) is 11.1. The van der Waals surface area contributed by atoms with Crippen molar-refractivity contribution in [3.63, 3.8) is 0 Å². The van der Waals surface area contributed by atoms with E-state index in [1.165, 1.54) is 0 Å². The molecule has 0 fully saturated rings. The summed E-state index contributed by atoms with van der Waals surface area (Å²) in [5.74, 6) is 0.722. The highest BCUT2D eigenvalue weighted by Crippen LogP contribution is 2.37. The molecule has 3 aromatic heterocycles. The van der Waals surface area contributed by atoms with E-state index in [-0.39, 0.29) is 0 Å². The Kier molecular flexibility index (Phi) is 4.63. The lowest BCUT2D eigenvalue weighted by Crippen LogP contribution is -2.07. The molecule has 0 amide bonds. The Balaban J connectivity index is 2.38. The van der Waals surface area contributed by atoms with Crippen molar-refractivity contribution >= 4 is 21.4 Å². The molecule has 0 spiro atoms. The van der Waals surface area contributed by atoms with Crippen LogP contribution < -0.4 is 4.74 Å². The summed E-state index contributed by atoms with van der Waals surface area (Å²) >= 11 is 3.49. The number of ether oxygens (including phenoxy) is 2. The zero-order chi connectivity index (χ0) is 16.4. The first-order valence-corrected chi connectivity index (χ1v) is 8.16. The number of rotatable bonds is 5. The van der Waals surface area contributed by atoms with Gasteiger partial charge in [0, 0.05) is 35.2 Å². The van der Waals surface area contributed by atoms with Crippen molar-refractivity contribution in [2.45, 2.75) is 20.0 Å². The maximum atomic E-state index is 5.68. The van der Waals surface area contributed by atoms with E-state index in [1.807, 2.05) is 16.8 Å². The average molecular weight is 376 g/mol. The molecule has 120 valence electrons. The van der Waals surface area contributed by atoms with Crippen LogP contribution in [0.25, 0.3) is 16.6 Å². The van der Waals surface area contributed by atoms with Crippen LogP contribution in [0.3, 0.4) is 0 Å². The molecule has 6 heteroatoms. The molecule has 0 unspecified atom stereocenters. The van der Waals surface area contributed by atoms with Gasteiger partial charge in [0.2, 0.25) is 0 Å². The molecule has 0 saturated carbocycles. The fourth-order valence-electron chi connectivity index (χ4n) is 2.75. The van der Waals surface area contributed by atoms with Crippen molar-refractivity contribution < 1.29 is 9.47 Å². The highest BCUT2D eigenvalue weighted by molar-refractivity contribution is 9.10. The van der Waals surface area contributed by atoms with Gasteiger partial charge in [-0.25, -0.2) is 4.52 Å². The van der Waals surface area contributed by atoms with Gasteiger partial charge >= 0.3 is 0 Å². The number of fused-ring (bicyclic) bond motifs is 1. The molecule has 23 heavy (non-hydrogen) atoms. The van der Waals surface area contributed by atoms with E-state index >= 15 is 0 Å². The SMILES string of the molecule is CCc1ccc2c(-c3cncc(Br)c3)c(OC)c(COC)nn12. The fourth-order valence-corrected chi connectivity index (χ4v) is 3.12. The molecule has 0 radical (unpaired) electrons. The van der Waals surface area contributed by atoms with Gasteiger partial charge in [-0.15, -0.1) is 0 Å². The molecule has 0 aliphatic rings. The molecule has 0 aromatic carbocycles. The number of methoxy groups -OCH3 is 2. The van der Waals surface area contributed by atoms with Gasteiger partial charge in [0.1, 0.15) is 5.69 Å². The van der Waals surface area contributed by atoms with Crippen LogP contribution in [-0.4, -0.2) is 28.8 Å². The van der Waals surface area contributed by atoms with E-state index in [4.69, 9.17) is 14.6 Å². The van der Waals surface area contributed by atoms with Gasteiger partial charge < -0.3 is 9.47 Å². The lowest BCUT2D eigenvalue weighted by atomic mass is 10.1. The summed E-state index contributed by atoms with van der Waals surface area (Å²) in [6.07, 6.45) is 4.49. The summed E-state index contributed by atoms with van der Waals surface area (Å²) in [5, 5.41) is 4.71. The highest BCUT2D eigenvalue weighted by Gasteiger charge is 2.19. The Labute approximate surface area is 143 Å². The molecular weight excluding hydrogens is 358 g/mol. The van der Waals surface area contributed by atoms with E-state index in [0.717, 1.165) is 44.7 Å². The highest BCUT2D eigenvalue weighted by atomic mass is 79.9. The zero-order valence-corrected chi connectivity index (χ0v) is 14.9. The molecule has 0 bridgehead atoms. The van der Waals surface area contributed by atoms with Gasteiger partial charge in [0.05, 0.1) is 24.8 Å². The van der Waals surface area contributed by atoms with Gasteiger partial charge in [-0.1, -0.05) is 6.92 Å². The topological polar surface area (TPSA) is 48.7 Å². The first kappa shape index (κ1) is 16.0. The monoisotopic (exact) mass is 375 g/mol. The van der Waals surface area contributed by atoms with Crippen LogP contribution in [0.1, 0.15) is 18.3 Å². The maximum Gasteiger partial charge on any atom is 0.154 e. The first-order chi connectivity index (χ1) is 11.2. The van der Waals surface area contributed by atoms with Gasteiger partial charge in [-0.2, -0.15) is 5.10 Å². The third kappa shape index (κ3) is 2.84. The smallest absolute Gasteiger partial charge is 0.154 e. The second-order valence-corrected chi connectivity index (χ2v) is 6.07. The molecule has 0 aliphatic heterocycles. The van der Waals surface area contributed by atoms with Gasteiger partial charge in [-0.3, -0.25) is 4.98 Å². The van der Waals surface area contributed by atoms with Crippen LogP contribution in [0.2, 0.25) is 0 Å². The van der Waals surface area contributed by atoms with Gasteiger partial charge in [-0.05, 0) is 40.5 Å². The van der Waals surface area contributed by atoms with Gasteiger partial charge in [0.15, 0.2) is 5.75 Å². The van der Waals surface area contributed by atoms with E-state index in [2.05, 4.69) is 40.0 Å². The van der Waals surface area contributed by atoms with Crippen LogP contribution in [0, 0.1) is 0 Å². The van der Waals surface area contributed by atoms with Gasteiger partial charge in [0.25, 0.3) is 0 Å². The number of aryl methyl sites for hydroxylation is 1. The lowest BCUT2D eigenvalue weighted by Gasteiger charge is -2.15. The molecule has 0 aliphatic carbocycles. The lowest BCUT2D eigenvalue weighted by molar-refractivity contribution is 0.177. The standard InChI is InChI=1S/C17H18BrN3O2/c1-4-13-5-6-15-16(11-7-12(18)9-19-8-11)17(23-3)14(10-22-2)20-21(13)15/h5-9H,4,10H2,1-3H3. The predicted molar refractivity (Wildman–Crippen MR) is 92.8 cm³/mol. The largest absolute Gasteiger partial charge is 0.494 e. The molecule has 5 nitrogen and oxygen atoms in total. The zero-order valence-electron chi connectivity index (χ0n) is 13.3. The number of hydrogen-bond acceptors (Lipinski definition) is 4. The van der Waals surface area contributed by atoms with E-state index in [0.29, 0.717) is 6.61 Å². The Morgan fingerprint density at radius 3 is 2.70 bits per heavy atom. The molecule has 3 aromatic rings. The van der Waals surface area contributed by atoms with E-state index in [1.54, 1.807) is 20.4 Å². The molecule has 0 atom stereocenters. The molecule has 3 heterocycles. The Hall–Kier alpha value is -1.92. The summed E-state index contributed by atoms with van der Waals surface area (Å²) in [7, 11) is 3.31. The first-order valence-electron chi connectivity index (χ1n) is 7.37. The number of nitrogens with zero attached hydrogens (tertiary/aromatic N) is 3. The average Bonchev–Trinajstić information content (AvgIpc) is 2.96. The van der Waals surface area contributed by atoms with Crippen molar-refractivity contribution in [3.8, 4) is 16.9 Å². The van der Waals surface area contributed by atoms with E-state index in [9.17, 15) is 0 Å². The van der Waals surface area contributed by atoms with Crippen LogP contribution in [0.15, 0.2) is 35.1 Å². The quantitative estimate of drug-likeness (QED) is 0.678. The summed E-state index contributed by atoms with van der Waals surface area (Å²) in [5.41, 5.74) is 4.86. The Bertz CT molecular complexity index is 845. The number of halogens is 1. The summed E-state index contributed by atoms with van der Waals surface area (Å²) < 4.78 is 13.9. The van der Waals surface area contributed by atoms with E-state index < -0.39 is 0 Å². The molecule has 0 saturated heterocycles.